The summed E-state index contributed by atoms with van der Waals surface area (Å²) < 4.78 is 11.3. The van der Waals surface area contributed by atoms with Crippen LogP contribution in [0.2, 0.25) is 19.6 Å². The van der Waals surface area contributed by atoms with E-state index in [1.54, 1.807) is 0 Å². The Labute approximate surface area is 87.1 Å². The van der Waals surface area contributed by atoms with Crippen molar-refractivity contribution in [1.29, 1.82) is 5.26 Å². The summed E-state index contributed by atoms with van der Waals surface area (Å²) in [5.41, 5.74) is -0.652. The maximum Gasteiger partial charge on any atom is 0.185 e. The summed E-state index contributed by atoms with van der Waals surface area (Å²) in [6.45, 7) is 9.64. The summed E-state index contributed by atoms with van der Waals surface area (Å²) >= 11 is 0. The Bertz CT molecular complexity index is 237. The number of nitriles is 1. The SMILES string of the molecule is CC(C#N)(O[Si](C)(C)C)C1CCOC1. The lowest BCUT2D eigenvalue weighted by Crippen LogP contribution is -2.45. The summed E-state index contributed by atoms with van der Waals surface area (Å²) in [7, 11) is -1.66. The maximum absolute atomic E-state index is 9.20. The molecule has 0 N–H and O–H groups in total. The van der Waals surface area contributed by atoms with E-state index in [4.69, 9.17) is 9.16 Å². The zero-order valence-corrected chi connectivity index (χ0v) is 10.5. The van der Waals surface area contributed by atoms with Gasteiger partial charge in [-0.1, -0.05) is 0 Å². The highest BCUT2D eigenvalue weighted by atomic mass is 28.4. The monoisotopic (exact) mass is 213 g/mol. The van der Waals surface area contributed by atoms with Crippen molar-refractivity contribution in [3.63, 3.8) is 0 Å². The average Bonchev–Trinajstić information content (AvgIpc) is 2.53. The zero-order valence-electron chi connectivity index (χ0n) is 9.46. The van der Waals surface area contributed by atoms with Gasteiger partial charge in [-0.25, -0.2) is 0 Å². The topological polar surface area (TPSA) is 42.2 Å². The minimum absolute atomic E-state index is 0.235. The first-order chi connectivity index (χ1) is 6.37. The molecule has 1 fully saturated rings. The molecule has 0 saturated carbocycles. The molecule has 1 aliphatic heterocycles. The zero-order chi connectivity index (χ0) is 10.8. The van der Waals surface area contributed by atoms with E-state index in [2.05, 4.69) is 25.7 Å². The largest absolute Gasteiger partial charge is 0.400 e. The Morgan fingerprint density at radius 1 is 1.50 bits per heavy atom. The maximum atomic E-state index is 9.20. The van der Waals surface area contributed by atoms with Gasteiger partial charge in [0.25, 0.3) is 0 Å². The molecule has 0 radical (unpaired) electrons. The van der Waals surface area contributed by atoms with Crippen molar-refractivity contribution in [2.75, 3.05) is 13.2 Å². The van der Waals surface area contributed by atoms with Crippen molar-refractivity contribution in [1.82, 2.24) is 0 Å². The van der Waals surface area contributed by atoms with Crippen LogP contribution in [0.25, 0.3) is 0 Å². The highest BCUT2D eigenvalue weighted by Gasteiger charge is 2.41. The fraction of sp³-hybridized carbons (Fsp3) is 0.900. The molecule has 1 heterocycles. The van der Waals surface area contributed by atoms with E-state index in [9.17, 15) is 5.26 Å². The summed E-state index contributed by atoms with van der Waals surface area (Å²) in [4.78, 5) is 0. The standard InChI is InChI=1S/C10H19NO2Si/c1-10(8-11,13-14(2,3)4)9-5-6-12-7-9/h9H,5-7H2,1-4H3. The molecule has 3 nitrogen and oxygen atoms in total. The van der Waals surface area contributed by atoms with Crippen LogP contribution in [0, 0.1) is 17.2 Å². The fourth-order valence-electron chi connectivity index (χ4n) is 1.80. The lowest BCUT2D eigenvalue weighted by molar-refractivity contribution is 0.0620. The fourth-order valence-corrected chi connectivity index (χ4v) is 3.29. The van der Waals surface area contributed by atoms with E-state index in [1.807, 2.05) is 6.92 Å². The Balaban J connectivity index is 2.71. The van der Waals surface area contributed by atoms with Gasteiger partial charge in [-0.05, 0) is 33.0 Å². The Morgan fingerprint density at radius 3 is 2.50 bits per heavy atom. The predicted octanol–water partition coefficient (Wildman–Crippen LogP) is 2.16. The molecule has 0 aromatic carbocycles. The molecule has 0 amide bonds. The van der Waals surface area contributed by atoms with Crippen LogP contribution in [-0.2, 0) is 9.16 Å². The summed E-state index contributed by atoms with van der Waals surface area (Å²) in [5.74, 6) is 0.235. The van der Waals surface area contributed by atoms with Crippen LogP contribution in [0.4, 0.5) is 0 Å². The van der Waals surface area contributed by atoms with Gasteiger partial charge < -0.3 is 9.16 Å². The molecule has 2 unspecified atom stereocenters. The molecule has 14 heavy (non-hydrogen) atoms. The van der Waals surface area contributed by atoms with Crippen LogP contribution >= 0.6 is 0 Å². The third-order valence-electron chi connectivity index (χ3n) is 2.45. The molecule has 2 atom stereocenters. The van der Waals surface area contributed by atoms with E-state index < -0.39 is 13.9 Å². The van der Waals surface area contributed by atoms with Crippen molar-refractivity contribution in [3.05, 3.63) is 0 Å². The number of rotatable bonds is 3. The van der Waals surface area contributed by atoms with Gasteiger partial charge in [0.2, 0.25) is 0 Å². The molecule has 80 valence electrons. The van der Waals surface area contributed by atoms with Crippen molar-refractivity contribution >= 4 is 8.32 Å². The van der Waals surface area contributed by atoms with Crippen molar-refractivity contribution in [3.8, 4) is 6.07 Å². The van der Waals surface area contributed by atoms with Crippen LogP contribution < -0.4 is 0 Å². The first kappa shape index (κ1) is 11.7. The van der Waals surface area contributed by atoms with Crippen molar-refractivity contribution in [2.45, 2.75) is 38.6 Å². The highest BCUT2D eigenvalue weighted by Crippen LogP contribution is 2.31. The van der Waals surface area contributed by atoms with Gasteiger partial charge in [0.1, 0.15) is 5.60 Å². The highest BCUT2D eigenvalue weighted by molar-refractivity contribution is 6.69. The van der Waals surface area contributed by atoms with E-state index >= 15 is 0 Å². The molecule has 0 aliphatic carbocycles. The smallest absolute Gasteiger partial charge is 0.185 e. The summed E-state index contributed by atoms with van der Waals surface area (Å²) in [6.07, 6.45) is 0.939. The molecule has 4 heteroatoms. The molecule has 1 saturated heterocycles. The van der Waals surface area contributed by atoms with Crippen LogP contribution in [0.15, 0.2) is 0 Å². The summed E-state index contributed by atoms with van der Waals surface area (Å²) in [6, 6.07) is 2.31. The van der Waals surface area contributed by atoms with Crippen LogP contribution in [0.5, 0.6) is 0 Å². The average molecular weight is 213 g/mol. The minimum atomic E-state index is -1.66. The molecule has 0 aromatic rings. The molecular weight excluding hydrogens is 194 g/mol. The number of hydrogen-bond acceptors (Lipinski definition) is 3. The third-order valence-corrected chi connectivity index (χ3v) is 3.49. The van der Waals surface area contributed by atoms with Crippen LogP contribution in [0.3, 0.4) is 0 Å². The lowest BCUT2D eigenvalue weighted by Gasteiger charge is -2.34. The molecule has 1 rings (SSSR count). The van der Waals surface area contributed by atoms with E-state index in [0.717, 1.165) is 13.0 Å². The second kappa shape index (κ2) is 4.01. The first-order valence-corrected chi connectivity index (χ1v) is 8.47. The van der Waals surface area contributed by atoms with Gasteiger partial charge in [-0.3, -0.25) is 0 Å². The molecule has 1 aliphatic rings. The second-order valence-corrected chi connectivity index (χ2v) is 9.42. The molecule has 0 bridgehead atoms. The number of nitrogens with zero attached hydrogens (tertiary/aromatic N) is 1. The van der Waals surface area contributed by atoms with Gasteiger partial charge >= 0.3 is 0 Å². The minimum Gasteiger partial charge on any atom is -0.400 e. The lowest BCUT2D eigenvalue weighted by atomic mass is 9.90. The third kappa shape index (κ3) is 2.81. The van der Waals surface area contributed by atoms with Crippen molar-refractivity contribution in [2.24, 2.45) is 5.92 Å². The van der Waals surface area contributed by atoms with Crippen molar-refractivity contribution < 1.29 is 9.16 Å². The van der Waals surface area contributed by atoms with E-state index in [1.165, 1.54) is 0 Å². The number of ether oxygens (including phenoxy) is 1. The quantitative estimate of drug-likeness (QED) is 0.675. The Morgan fingerprint density at radius 2 is 2.14 bits per heavy atom. The predicted molar refractivity (Wildman–Crippen MR) is 57.4 cm³/mol. The van der Waals surface area contributed by atoms with Crippen LogP contribution in [0.1, 0.15) is 13.3 Å². The number of hydrogen-bond donors (Lipinski definition) is 0. The van der Waals surface area contributed by atoms with Gasteiger partial charge in [0.15, 0.2) is 8.32 Å². The molecule has 0 aromatic heterocycles. The second-order valence-electron chi connectivity index (χ2n) is 4.99. The summed E-state index contributed by atoms with van der Waals surface area (Å²) in [5, 5.41) is 9.20. The Hall–Kier alpha value is -0.373. The van der Waals surface area contributed by atoms with Gasteiger partial charge in [-0.2, -0.15) is 5.26 Å². The van der Waals surface area contributed by atoms with Crippen LogP contribution in [-0.4, -0.2) is 27.1 Å². The molecule has 0 spiro atoms. The van der Waals surface area contributed by atoms with Gasteiger partial charge in [-0.15, -0.1) is 0 Å². The van der Waals surface area contributed by atoms with Gasteiger partial charge in [0.05, 0.1) is 12.7 Å². The Kier molecular flexibility index (Phi) is 3.35. The van der Waals surface area contributed by atoms with Gasteiger partial charge in [0, 0.05) is 12.5 Å². The van der Waals surface area contributed by atoms with E-state index in [-0.39, 0.29) is 5.92 Å². The molecular formula is C10H19NO2Si. The normalized spacial score (nSPS) is 26.9. The first-order valence-electron chi connectivity index (χ1n) is 5.06. The van der Waals surface area contributed by atoms with E-state index in [0.29, 0.717) is 6.61 Å².